The van der Waals surface area contributed by atoms with Crippen LogP contribution < -0.4 is 10.5 Å². The van der Waals surface area contributed by atoms with Gasteiger partial charge in [-0.05, 0) is 5.41 Å². The van der Waals surface area contributed by atoms with Gasteiger partial charge in [0.1, 0.15) is 0 Å². The molecule has 0 aromatic carbocycles. The average Bonchev–Trinajstić information content (AvgIpc) is 2.49. The summed E-state index contributed by atoms with van der Waals surface area (Å²) in [5, 5.41) is 1.88. The van der Waals surface area contributed by atoms with Gasteiger partial charge in [0.15, 0.2) is 4.80 Å². The lowest BCUT2D eigenvalue weighted by Crippen LogP contribution is -2.42. The van der Waals surface area contributed by atoms with E-state index >= 15 is 0 Å². The van der Waals surface area contributed by atoms with Gasteiger partial charge in [0.25, 0.3) is 5.91 Å². The fourth-order valence-corrected chi connectivity index (χ4v) is 1.70. The van der Waals surface area contributed by atoms with Crippen LogP contribution in [0.5, 0.6) is 0 Å². The molecule has 84 valence electrons. The van der Waals surface area contributed by atoms with Crippen LogP contribution in [0.15, 0.2) is 16.6 Å². The third-order valence-corrected chi connectivity index (χ3v) is 3.01. The fourth-order valence-electron chi connectivity index (χ4n) is 0.969. The average molecular weight is 227 g/mol. The highest BCUT2D eigenvalue weighted by Crippen LogP contribution is 2.17. The third kappa shape index (κ3) is 3.00. The molecule has 5 heteroatoms. The van der Waals surface area contributed by atoms with Gasteiger partial charge < -0.3 is 10.3 Å². The number of hydrogen-bond acceptors (Lipinski definition) is 3. The van der Waals surface area contributed by atoms with Crippen LogP contribution >= 0.6 is 11.3 Å². The largest absolute Gasteiger partial charge is 0.327 e. The highest BCUT2D eigenvalue weighted by molar-refractivity contribution is 7.07. The second-order valence-corrected chi connectivity index (χ2v) is 5.46. The quantitative estimate of drug-likeness (QED) is 0.774. The van der Waals surface area contributed by atoms with Crippen molar-refractivity contribution in [3.05, 3.63) is 16.4 Å². The Kier molecular flexibility index (Phi) is 3.46. The molecule has 1 aromatic rings. The Bertz CT molecular complexity index is 411. The molecule has 0 saturated heterocycles. The van der Waals surface area contributed by atoms with Crippen molar-refractivity contribution in [2.24, 2.45) is 23.2 Å². The summed E-state index contributed by atoms with van der Waals surface area (Å²) in [6.07, 6.45) is 1.86. The molecular formula is C10H17N3OS. The summed E-state index contributed by atoms with van der Waals surface area (Å²) in [7, 11) is 1.85. The number of rotatable bonds is 1. The maximum atomic E-state index is 11.7. The van der Waals surface area contributed by atoms with Gasteiger partial charge in [0.05, 0.1) is 6.04 Å². The van der Waals surface area contributed by atoms with Crippen molar-refractivity contribution in [3.8, 4) is 0 Å². The van der Waals surface area contributed by atoms with E-state index in [1.54, 1.807) is 4.57 Å². The Morgan fingerprint density at radius 1 is 1.60 bits per heavy atom. The summed E-state index contributed by atoms with van der Waals surface area (Å²) in [5.41, 5.74) is 5.56. The lowest BCUT2D eigenvalue weighted by Gasteiger charge is -2.23. The zero-order valence-corrected chi connectivity index (χ0v) is 10.3. The number of hydrogen-bond donors (Lipinski definition) is 1. The van der Waals surface area contributed by atoms with Crippen molar-refractivity contribution in [1.82, 2.24) is 4.57 Å². The highest BCUT2D eigenvalue weighted by Gasteiger charge is 2.27. The Morgan fingerprint density at radius 3 is 2.60 bits per heavy atom. The van der Waals surface area contributed by atoms with Crippen molar-refractivity contribution >= 4 is 17.2 Å². The van der Waals surface area contributed by atoms with Crippen molar-refractivity contribution in [1.29, 1.82) is 0 Å². The summed E-state index contributed by atoms with van der Waals surface area (Å²) < 4.78 is 1.80. The number of carbonyl (C=O) groups excluding carboxylic acids is 1. The Balaban J connectivity index is 2.95. The van der Waals surface area contributed by atoms with Crippen LogP contribution in [0.25, 0.3) is 0 Å². The molecule has 1 aromatic heterocycles. The lowest BCUT2D eigenvalue weighted by atomic mass is 9.87. The standard InChI is InChI=1S/C10H17N3OS/c1-10(2,3)7(11)8(14)12-9-13(4)5-6-15-9/h5-7H,11H2,1-4H3/t7-/m1/s1. The van der Waals surface area contributed by atoms with Crippen LogP contribution in [0, 0.1) is 5.41 Å². The van der Waals surface area contributed by atoms with Gasteiger partial charge in [-0.1, -0.05) is 20.8 Å². The summed E-state index contributed by atoms with van der Waals surface area (Å²) in [4.78, 5) is 16.4. The predicted molar refractivity (Wildman–Crippen MR) is 61.3 cm³/mol. The summed E-state index contributed by atoms with van der Waals surface area (Å²) >= 11 is 1.43. The molecule has 0 spiro atoms. The van der Waals surface area contributed by atoms with E-state index in [-0.39, 0.29) is 11.3 Å². The van der Waals surface area contributed by atoms with Crippen LogP contribution in [0.3, 0.4) is 0 Å². The zero-order chi connectivity index (χ0) is 11.6. The van der Waals surface area contributed by atoms with E-state index in [0.717, 1.165) is 0 Å². The Morgan fingerprint density at radius 2 is 2.20 bits per heavy atom. The third-order valence-electron chi connectivity index (χ3n) is 2.16. The molecule has 2 N–H and O–H groups in total. The molecule has 1 rings (SSSR count). The van der Waals surface area contributed by atoms with Gasteiger partial charge in [-0.2, -0.15) is 4.99 Å². The van der Waals surface area contributed by atoms with Crippen molar-refractivity contribution in [2.45, 2.75) is 26.8 Å². The first-order valence-electron chi connectivity index (χ1n) is 4.76. The van der Waals surface area contributed by atoms with Gasteiger partial charge in [-0.25, -0.2) is 0 Å². The zero-order valence-electron chi connectivity index (χ0n) is 9.52. The van der Waals surface area contributed by atoms with Crippen molar-refractivity contribution in [3.63, 3.8) is 0 Å². The molecule has 0 aliphatic rings. The van der Waals surface area contributed by atoms with E-state index < -0.39 is 6.04 Å². The van der Waals surface area contributed by atoms with E-state index in [2.05, 4.69) is 4.99 Å². The van der Waals surface area contributed by atoms with Crippen LogP contribution in [0.2, 0.25) is 0 Å². The number of aryl methyl sites for hydroxylation is 1. The number of aromatic nitrogens is 1. The number of carbonyl (C=O) groups is 1. The summed E-state index contributed by atoms with van der Waals surface area (Å²) in [6, 6.07) is -0.556. The normalized spacial score (nSPS) is 15.4. The molecule has 0 bridgehead atoms. The number of thiazole rings is 1. The molecule has 15 heavy (non-hydrogen) atoms. The van der Waals surface area contributed by atoms with Gasteiger partial charge >= 0.3 is 0 Å². The van der Waals surface area contributed by atoms with E-state index in [1.807, 2.05) is 39.4 Å². The molecule has 1 atom stereocenters. The Labute approximate surface area is 93.5 Å². The van der Waals surface area contributed by atoms with E-state index in [9.17, 15) is 4.79 Å². The van der Waals surface area contributed by atoms with Crippen molar-refractivity contribution in [2.75, 3.05) is 0 Å². The van der Waals surface area contributed by atoms with E-state index in [0.29, 0.717) is 4.80 Å². The summed E-state index contributed by atoms with van der Waals surface area (Å²) in [5.74, 6) is -0.263. The molecule has 1 amide bonds. The van der Waals surface area contributed by atoms with Gasteiger partial charge in [-0.3, -0.25) is 4.79 Å². The first-order chi connectivity index (χ1) is 6.82. The molecular weight excluding hydrogens is 210 g/mol. The molecule has 0 aliphatic carbocycles. The van der Waals surface area contributed by atoms with E-state index in [4.69, 9.17) is 5.73 Å². The van der Waals surface area contributed by atoms with Crippen LogP contribution in [0.4, 0.5) is 0 Å². The minimum Gasteiger partial charge on any atom is -0.327 e. The van der Waals surface area contributed by atoms with Crippen LogP contribution in [0.1, 0.15) is 20.8 Å². The maximum absolute atomic E-state index is 11.7. The SMILES string of the molecule is Cn1ccsc1=NC(=O)[C@@H](N)C(C)(C)C. The van der Waals surface area contributed by atoms with Gasteiger partial charge in [-0.15, -0.1) is 11.3 Å². The maximum Gasteiger partial charge on any atom is 0.265 e. The molecule has 0 radical (unpaired) electrons. The summed E-state index contributed by atoms with van der Waals surface area (Å²) in [6.45, 7) is 5.79. The molecule has 1 heterocycles. The highest BCUT2D eigenvalue weighted by atomic mass is 32.1. The van der Waals surface area contributed by atoms with E-state index in [1.165, 1.54) is 11.3 Å². The fraction of sp³-hybridized carbons (Fsp3) is 0.600. The molecule has 4 nitrogen and oxygen atoms in total. The Hall–Kier alpha value is -0.940. The molecule has 0 aliphatic heterocycles. The number of nitrogens with two attached hydrogens (primary N) is 1. The molecule has 0 unspecified atom stereocenters. The van der Waals surface area contributed by atoms with Crippen LogP contribution in [-0.4, -0.2) is 16.5 Å². The van der Waals surface area contributed by atoms with Crippen LogP contribution in [-0.2, 0) is 11.8 Å². The topological polar surface area (TPSA) is 60.4 Å². The predicted octanol–water partition coefficient (Wildman–Crippen LogP) is 0.887. The van der Waals surface area contributed by atoms with Crippen molar-refractivity contribution < 1.29 is 4.79 Å². The smallest absolute Gasteiger partial charge is 0.265 e. The lowest BCUT2D eigenvalue weighted by molar-refractivity contribution is -0.121. The second-order valence-electron chi connectivity index (χ2n) is 4.59. The minimum atomic E-state index is -0.556. The first kappa shape index (κ1) is 12.1. The minimum absolute atomic E-state index is 0.254. The van der Waals surface area contributed by atoms with Gasteiger partial charge in [0.2, 0.25) is 0 Å². The number of nitrogens with zero attached hydrogens (tertiary/aromatic N) is 2. The first-order valence-corrected chi connectivity index (χ1v) is 5.64. The van der Waals surface area contributed by atoms with Gasteiger partial charge in [0, 0.05) is 18.6 Å². The second kappa shape index (κ2) is 4.28. The number of amides is 1. The monoisotopic (exact) mass is 227 g/mol. The molecule has 0 saturated carbocycles. The molecule has 0 fully saturated rings.